The van der Waals surface area contributed by atoms with E-state index >= 15 is 0 Å². The fraction of sp³-hybridized carbons (Fsp3) is 0.200. The number of aryl methyl sites for hydroxylation is 2. The number of rotatable bonds is 5. The monoisotopic (exact) mass is 363 g/mol. The van der Waals surface area contributed by atoms with E-state index in [1.54, 1.807) is 26.0 Å². The molecule has 3 aromatic rings. The average molecular weight is 363 g/mol. The van der Waals surface area contributed by atoms with Gasteiger partial charge >= 0.3 is 0 Å². The molecule has 3 rings (SSSR count). The second-order valence-electron chi connectivity index (χ2n) is 6.12. The van der Waals surface area contributed by atoms with Crippen molar-refractivity contribution >= 4 is 17.8 Å². The lowest BCUT2D eigenvalue weighted by atomic mass is 10.2. The summed E-state index contributed by atoms with van der Waals surface area (Å²) in [5.41, 5.74) is 2.70. The van der Waals surface area contributed by atoms with E-state index in [4.69, 9.17) is 0 Å². The molecule has 2 N–H and O–H groups in total. The van der Waals surface area contributed by atoms with Crippen LogP contribution in [0.15, 0.2) is 47.3 Å². The van der Waals surface area contributed by atoms with Gasteiger partial charge in [-0.3, -0.25) is 14.6 Å². The first-order chi connectivity index (χ1) is 13.0. The molecule has 0 fully saturated rings. The van der Waals surface area contributed by atoms with Crippen LogP contribution in [0.1, 0.15) is 29.4 Å². The van der Waals surface area contributed by atoms with E-state index in [1.165, 1.54) is 10.8 Å². The van der Waals surface area contributed by atoms with Gasteiger partial charge in [0.25, 0.3) is 5.56 Å². The number of carbonyl (C=O) groups is 1. The van der Waals surface area contributed by atoms with Gasteiger partial charge in [-0.15, -0.1) is 0 Å². The quantitative estimate of drug-likeness (QED) is 0.682. The van der Waals surface area contributed by atoms with Gasteiger partial charge in [-0.25, -0.2) is 4.98 Å². The molecule has 0 saturated heterocycles. The summed E-state index contributed by atoms with van der Waals surface area (Å²) in [5.74, 6) is 0.399. The zero-order valence-corrected chi connectivity index (χ0v) is 15.5. The summed E-state index contributed by atoms with van der Waals surface area (Å²) in [5, 5.41) is 7.12. The van der Waals surface area contributed by atoms with Crippen molar-refractivity contribution in [3.05, 3.63) is 75.3 Å². The van der Waals surface area contributed by atoms with Crippen LogP contribution in [0.5, 0.6) is 0 Å². The predicted octanol–water partition coefficient (Wildman–Crippen LogP) is 2.79. The highest BCUT2D eigenvalue weighted by atomic mass is 16.1. The van der Waals surface area contributed by atoms with Gasteiger partial charge in [-0.05, 0) is 31.9 Å². The molecule has 27 heavy (non-hydrogen) atoms. The van der Waals surface area contributed by atoms with E-state index in [0.29, 0.717) is 29.2 Å². The fourth-order valence-corrected chi connectivity index (χ4v) is 2.77. The number of nitrogens with one attached hydrogen (secondary N) is 2. The number of anilines is 1. The number of nitrogens with zero attached hydrogens (tertiary/aromatic N) is 3. The maximum atomic E-state index is 12.3. The Bertz CT molecular complexity index is 1050. The highest BCUT2D eigenvalue weighted by Crippen LogP contribution is 2.15. The summed E-state index contributed by atoms with van der Waals surface area (Å²) < 4.78 is 1.43. The molecule has 0 aliphatic carbocycles. The Balaban J connectivity index is 1.87. The molecule has 0 aliphatic rings. The molecule has 0 unspecified atom stereocenters. The largest absolute Gasteiger partial charge is 0.307 e. The summed E-state index contributed by atoms with van der Waals surface area (Å²) in [6.07, 6.45) is 3.77. The van der Waals surface area contributed by atoms with Crippen molar-refractivity contribution in [3.8, 4) is 5.95 Å². The number of hydrogen-bond acceptors (Lipinski definition) is 4. The number of amides is 1. The van der Waals surface area contributed by atoms with E-state index in [9.17, 15) is 9.59 Å². The third-order valence-corrected chi connectivity index (χ3v) is 4.07. The van der Waals surface area contributed by atoms with Crippen LogP contribution in [0.25, 0.3) is 12.0 Å². The second kappa shape index (κ2) is 7.82. The van der Waals surface area contributed by atoms with E-state index in [0.717, 1.165) is 5.56 Å². The SMILES string of the molecule is CCc1c(C)nc(-n2nc(C)cc2NC(=O)/C=C/c2ccccc2)[nH]c1=O. The summed E-state index contributed by atoms with van der Waals surface area (Å²) >= 11 is 0. The maximum Gasteiger partial charge on any atom is 0.255 e. The van der Waals surface area contributed by atoms with Crippen molar-refractivity contribution in [2.24, 2.45) is 0 Å². The highest BCUT2D eigenvalue weighted by molar-refractivity contribution is 6.01. The summed E-state index contributed by atoms with van der Waals surface area (Å²) in [6, 6.07) is 11.3. The Morgan fingerprint density at radius 3 is 2.67 bits per heavy atom. The van der Waals surface area contributed by atoms with Crippen molar-refractivity contribution in [3.63, 3.8) is 0 Å². The minimum absolute atomic E-state index is 0.200. The van der Waals surface area contributed by atoms with Crippen LogP contribution < -0.4 is 10.9 Å². The van der Waals surface area contributed by atoms with Gasteiger partial charge in [0.05, 0.1) is 5.69 Å². The van der Waals surface area contributed by atoms with Gasteiger partial charge in [0, 0.05) is 23.4 Å². The minimum atomic E-state index is -0.302. The molecule has 7 heteroatoms. The van der Waals surface area contributed by atoms with Crippen molar-refractivity contribution in [2.45, 2.75) is 27.2 Å². The van der Waals surface area contributed by atoms with Crippen LogP contribution in [-0.2, 0) is 11.2 Å². The number of aromatic nitrogens is 4. The number of H-pyrrole nitrogens is 1. The molecular formula is C20H21N5O2. The third-order valence-electron chi connectivity index (χ3n) is 4.07. The normalized spacial score (nSPS) is 11.1. The number of carbonyl (C=O) groups excluding carboxylic acids is 1. The summed E-state index contributed by atoms with van der Waals surface area (Å²) in [7, 11) is 0. The molecule has 1 aromatic carbocycles. The van der Waals surface area contributed by atoms with Crippen LogP contribution in [0.3, 0.4) is 0 Å². The third kappa shape index (κ3) is 4.20. The van der Waals surface area contributed by atoms with Gasteiger partial charge in [-0.1, -0.05) is 37.3 Å². The molecular weight excluding hydrogens is 342 g/mol. The first-order valence-electron chi connectivity index (χ1n) is 8.69. The lowest BCUT2D eigenvalue weighted by Crippen LogP contribution is -2.21. The Labute approximate surface area is 156 Å². The Morgan fingerprint density at radius 2 is 2.00 bits per heavy atom. The Hall–Kier alpha value is -3.48. The molecule has 0 saturated carbocycles. The van der Waals surface area contributed by atoms with E-state index in [1.807, 2.05) is 37.3 Å². The molecule has 0 aliphatic heterocycles. The zero-order chi connectivity index (χ0) is 19.4. The molecule has 2 aromatic heterocycles. The van der Waals surface area contributed by atoms with Crippen molar-refractivity contribution in [2.75, 3.05) is 5.32 Å². The van der Waals surface area contributed by atoms with Crippen LogP contribution in [0.2, 0.25) is 0 Å². The van der Waals surface area contributed by atoms with E-state index in [2.05, 4.69) is 20.4 Å². The van der Waals surface area contributed by atoms with Crippen molar-refractivity contribution in [1.82, 2.24) is 19.7 Å². The first kappa shape index (κ1) is 18.3. The predicted molar refractivity (Wildman–Crippen MR) is 105 cm³/mol. The zero-order valence-electron chi connectivity index (χ0n) is 15.5. The van der Waals surface area contributed by atoms with Crippen LogP contribution in [-0.4, -0.2) is 25.7 Å². The average Bonchev–Trinajstić information content (AvgIpc) is 3.01. The summed E-state index contributed by atoms with van der Waals surface area (Å²) in [4.78, 5) is 31.7. The molecule has 0 radical (unpaired) electrons. The van der Waals surface area contributed by atoms with Gasteiger partial charge in [0.1, 0.15) is 5.82 Å². The summed E-state index contributed by atoms with van der Waals surface area (Å²) in [6.45, 7) is 5.49. The Kier molecular flexibility index (Phi) is 5.30. The van der Waals surface area contributed by atoms with E-state index in [-0.39, 0.29) is 17.4 Å². The van der Waals surface area contributed by atoms with E-state index < -0.39 is 0 Å². The van der Waals surface area contributed by atoms with Gasteiger partial charge in [-0.2, -0.15) is 9.78 Å². The fourth-order valence-electron chi connectivity index (χ4n) is 2.77. The first-order valence-corrected chi connectivity index (χ1v) is 8.69. The van der Waals surface area contributed by atoms with Crippen LogP contribution in [0.4, 0.5) is 5.82 Å². The lowest BCUT2D eigenvalue weighted by molar-refractivity contribution is -0.111. The number of aromatic amines is 1. The topological polar surface area (TPSA) is 92.7 Å². The van der Waals surface area contributed by atoms with Gasteiger partial charge in [0.2, 0.25) is 11.9 Å². The molecule has 138 valence electrons. The molecule has 7 nitrogen and oxygen atoms in total. The van der Waals surface area contributed by atoms with Gasteiger partial charge in [0.15, 0.2) is 0 Å². The standard InChI is InChI=1S/C20H21N5O2/c1-4-16-14(3)21-20(23-19(16)27)25-17(12-13(2)24-25)22-18(26)11-10-15-8-6-5-7-9-15/h5-12H,4H2,1-3H3,(H,22,26)(H,21,23,27)/b11-10+. The van der Waals surface area contributed by atoms with Crippen LogP contribution in [0, 0.1) is 13.8 Å². The molecule has 0 atom stereocenters. The lowest BCUT2D eigenvalue weighted by Gasteiger charge is -2.09. The van der Waals surface area contributed by atoms with Crippen molar-refractivity contribution in [1.29, 1.82) is 0 Å². The van der Waals surface area contributed by atoms with Crippen LogP contribution >= 0.6 is 0 Å². The highest BCUT2D eigenvalue weighted by Gasteiger charge is 2.14. The smallest absolute Gasteiger partial charge is 0.255 e. The number of benzene rings is 1. The van der Waals surface area contributed by atoms with Crippen molar-refractivity contribution < 1.29 is 4.79 Å². The molecule has 0 spiro atoms. The second-order valence-corrected chi connectivity index (χ2v) is 6.12. The molecule has 1 amide bonds. The Morgan fingerprint density at radius 1 is 1.26 bits per heavy atom. The van der Waals surface area contributed by atoms with Gasteiger partial charge < -0.3 is 5.32 Å². The molecule has 2 heterocycles. The number of hydrogen-bond donors (Lipinski definition) is 2. The maximum absolute atomic E-state index is 12.3. The minimum Gasteiger partial charge on any atom is -0.307 e. The molecule has 0 bridgehead atoms.